The van der Waals surface area contributed by atoms with E-state index in [9.17, 15) is 8.42 Å². The maximum atomic E-state index is 12.1. The van der Waals surface area contributed by atoms with E-state index in [0.717, 1.165) is 25.4 Å². The average molecular weight is 327 g/mol. The minimum Gasteiger partial charge on any atom is -0.493 e. The Morgan fingerprint density at radius 3 is 2.50 bits per heavy atom. The highest BCUT2D eigenvalue weighted by Crippen LogP contribution is 2.16. The summed E-state index contributed by atoms with van der Waals surface area (Å²) < 4.78 is 31.5. The fourth-order valence-corrected chi connectivity index (χ4v) is 4.37. The van der Waals surface area contributed by atoms with E-state index in [4.69, 9.17) is 4.74 Å². The molecule has 0 spiro atoms. The van der Waals surface area contributed by atoms with Crippen LogP contribution in [0.25, 0.3) is 0 Å². The lowest BCUT2D eigenvalue weighted by Gasteiger charge is -2.31. The Morgan fingerprint density at radius 2 is 1.86 bits per heavy atom. The first-order chi connectivity index (χ1) is 10.6. The largest absolute Gasteiger partial charge is 0.493 e. The molecule has 0 unspecified atom stereocenters. The maximum absolute atomic E-state index is 12.1. The second-order valence-electron chi connectivity index (χ2n) is 5.68. The zero-order valence-corrected chi connectivity index (χ0v) is 14.4. The number of rotatable bonds is 7. The van der Waals surface area contributed by atoms with Crippen LogP contribution < -0.4 is 9.64 Å². The molecule has 1 fully saturated rings. The zero-order valence-electron chi connectivity index (χ0n) is 13.5. The Balaban J connectivity index is 1.93. The molecule has 22 heavy (non-hydrogen) atoms. The second kappa shape index (κ2) is 7.94. The number of ether oxygens (including phenoxy) is 1. The molecule has 0 radical (unpaired) electrons. The number of nitrogens with zero attached hydrogens (tertiary/aromatic N) is 1. The summed E-state index contributed by atoms with van der Waals surface area (Å²) >= 11 is 0. The van der Waals surface area contributed by atoms with Gasteiger partial charge in [-0.15, -0.1) is 0 Å². The molecule has 124 valence electrons. The normalized spacial score (nSPS) is 17.5. The highest BCUT2D eigenvalue weighted by molar-refractivity contribution is 7.89. The highest BCUT2D eigenvalue weighted by Gasteiger charge is 2.28. The van der Waals surface area contributed by atoms with Gasteiger partial charge in [-0.05, 0) is 25.5 Å². The van der Waals surface area contributed by atoms with Crippen molar-refractivity contribution in [2.75, 3.05) is 38.5 Å². The first kappa shape index (κ1) is 17.2. The third-order valence-electron chi connectivity index (χ3n) is 4.00. The molecular weight excluding hydrogens is 300 g/mol. The fourth-order valence-electron chi connectivity index (χ4n) is 2.86. The van der Waals surface area contributed by atoms with E-state index < -0.39 is 10.0 Å². The van der Waals surface area contributed by atoms with Gasteiger partial charge in [0.15, 0.2) is 0 Å². The number of sulfonamides is 1. The SMILES string of the molecule is CCCS(=O)(=O)N1CC[NH+](Cc2ccccc2OCC)CC1. The van der Waals surface area contributed by atoms with Gasteiger partial charge in [0.2, 0.25) is 10.0 Å². The second-order valence-corrected chi connectivity index (χ2v) is 7.77. The molecule has 5 nitrogen and oxygen atoms in total. The minimum atomic E-state index is -3.05. The summed E-state index contributed by atoms with van der Waals surface area (Å²) in [5.41, 5.74) is 1.20. The van der Waals surface area contributed by atoms with Crippen molar-refractivity contribution in [1.29, 1.82) is 0 Å². The van der Waals surface area contributed by atoms with Gasteiger partial charge in [-0.2, -0.15) is 4.31 Å². The summed E-state index contributed by atoms with van der Waals surface area (Å²) in [4.78, 5) is 1.41. The van der Waals surface area contributed by atoms with Gasteiger partial charge >= 0.3 is 0 Å². The summed E-state index contributed by atoms with van der Waals surface area (Å²) in [5, 5.41) is 0. The van der Waals surface area contributed by atoms with E-state index in [1.807, 2.05) is 32.0 Å². The molecule has 1 aliphatic heterocycles. The first-order valence-corrected chi connectivity index (χ1v) is 9.69. The van der Waals surface area contributed by atoms with Gasteiger partial charge in [-0.1, -0.05) is 19.1 Å². The molecule has 1 aromatic rings. The van der Waals surface area contributed by atoms with Crippen molar-refractivity contribution in [1.82, 2.24) is 4.31 Å². The van der Waals surface area contributed by atoms with Crippen LogP contribution in [-0.4, -0.2) is 51.3 Å². The van der Waals surface area contributed by atoms with Crippen molar-refractivity contribution in [3.63, 3.8) is 0 Å². The highest BCUT2D eigenvalue weighted by atomic mass is 32.2. The molecule has 0 aliphatic carbocycles. The number of hydrogen-bond donors (Lipinski definition) is 1. The number of piperazine rings is 1. The molecule has 1 aliphatic rings. The lowest BCUT2D eigenvalue weighted by atomic mass is 10.2. The summed E-state index contributed by atoms with van der Waals surface area (Å²) in [6.07, 6.45) is 0.678. The molecule has 0 saturated carbocycles. The molecule has 1 N–H and O–H groups in total. The monoisotopic (exact) mass is 327 g/mol. The molecule has 6 heteroatoms. The summed E-state index contributed by atoms with van der Waals surface area (Å²) in [6, 6.07) is 8.11. The molecule has 0 aromatic heterocycles. The van der Waals surface area contributed by atoms with Crippen molar-refractivity contribution in [2.24, 2.45) is 0 Å². The number of benzene rings is 1. The first-order valence-electron chi connectivity index (χ1n) is 8.09. The Morgan fingerprint density at radius 1 is 1.18 bits per heavy atom. The van der Waals surface area contributed by atoms with Gasteiger partial charge in [0.25, 0.3) is 0 Å². The van der Waals surface area contributed by atoms with Gasteiger partial charge in [0.05, 0.1) is 38.5 Å². The van der Waals surface area contributed by atoms with E-state index in [2.05, 4.69) is 6.07 Å². The maximum Gasteiger partial charge on any atom is 0.214 e. The molecule has 0 atom stereocenters. The van der Waals surface area contributed by atoms with Crippen LogP contribution in [0.15, 0.2) is 24.3 Å². The van der Waals surface area contributed by atoms with E-state index in [-0.39, 0.29) is 5.75 Å². The van der Waals surface area contributed by atoms with E-state index in [0.29, 0.717) is 26.1 Å². The zero-order chi connectivity index (χ0) is 16.0. The van der Waals surface area contributed by atoms with Crippen LogP contribution in [-0.2, 0) is 16.6 Å². The average Bonchev–Trinajstić information content (AvgIpc) is 2.50. The van der Waals surface area contributed by atoms with Gasteiger partial charge < -0.3 is 9.64 Å². The number of para-hydroxylation sites is 1. The van der Waals surface area contributed by atoms with Crippen molar-refractivity contribution < 1.29 is 18.1 Å². The summed E-state index contributed by atoms with van der Waals surface area (Å²) in [5.74, 6) is 1.20. The quantitative estimate of drug-likeness (QED) is 0.795. The molecule has 2 rings (SSSR count). The Kier molecular flexibility index (Phi) is 6.23. The fraction of sp³-hybridized carbons (Fsp3) is 0.625. The predicted molar refractivity (Wildman–Crippen MR) is 87.7 cm³/mol. The van der Waals surface area contributed by atoms with Gasteiger partial charge in [-0.25, -0.2) is 8.42 Å². The molecule has 1 heterocycles. The van der Waals surface area contributed by atoms with Crippen LogP contribution >= 0.6 is 0 Å². The van der Waals surface area contributed by atoms with Gasteiger partial charge in [0, 0.05) is 5.56 Å². The lowest BCUT2D eigenvalue weighted by molar-refractivity contribution is -0.917. The van der Waals surface area contributed by atoms with Crippen LogP contribution in [0.4, 0.5) is 0 Å². The predicted octanol–water partition coefficient (Wildman–Crippen LogP) is 0.526. The summed E-state index contributed by atoms with van der Waals surface area (Å²) in [6.45, 7) is 8.38. The van der Waals surface area contributed by atoms with Crippen LogP contribution in [0.1, 0.15) is 25.8 Å². The minimum absolute atomic E-state index is 0.259. The topological polar surface area (TPSA) is 51.0 Å². The number of hydrogen-bond acceptors (Lipinski definition) is 3. The van der Waals surface area contributed by atoms with E-state index in [1.54, 1.807) is 4.31 Å². The molecule has 1 aromatic carbocycles. The van der Waals surface area contributed by atoms with Crippen molar-refractivity contribution in [3.8, 4) is 5.75 Å². The van der Waals surface area contributed by atoms with Crippen molar-refractivity contribution in [2.45, 2.75) is 26.8 Å². The van der Waals surface area contributed by atoms with Crippen LogP contribution in [0.5, 0.6) is 5.75 Å². The smallest absolute Gasteiger partial charge is 0.214 e. The van der Waals surface area contributed by atoms with Crippen molar-refractivity contribution in [3.05, 3.63) is 29.8 Å². The van der Waals surface area contributed by atoms with Crippen LogP contribution in [0.2, 0.25) is 0 Å². The van der Waals surface area contributed by atoms with Crippen LogP contribution in [0, 0.1) is 0 Å². The van der Waals surface area contributed by atoms with E-state index >= 15 is 0 Å². The number of nitrogens with one attached hydrogen (secondary N) is 1. The van der Waals surface area contributed by atoms with E-state index in [1.165, 1.54) is 10.5 Å². The van der Waals surface area contributed by atoms with Gasteiger partial charge in [0.1, 0.15) is 12.3 Å². The Bertz CT molecular complexity index is 567. The third-order valence-corrected chi connectivity index (χ3v) is 6.07. The molecule has 1 saturated heterocycles. The Labute approximate surface area is 133 Å². The summed E-state index contributed by atoms with van der Waals surface area (Å²) in [7, 11) is -3.05. The molecule has 0 amide bonds. The van der Waals surface area contributed by atoms with Crippen LogP contribution in [0.3, 0.4) is 0 Å². The molecule has 0 bridgehead atoms. The number of quaternary nitrogens is 1. The molecular formula is C16H27N2O3S+. The Hall–Kier alpha value is -1.11. The lowest BCUT2D eigenvalue weighted by Crippen LogP contribution is -3.13. The van der Waals surface area contributed by atoms with Gasteiger partial charge in [-0.3, -0.25) is 0 Å². The standard InChI is InChI=1S/C16H26N2O3S/c1-3-13-22(19,20)18-11-9-17(10-12-18)14-15-7-5-6-8-16(15)21-4-2/h5-8H,3-4,9-14H2,1-2H3/p+1. The van der Waals surface area contributed by atoms with Crippen molar-refractivity contribution >= 4 is 10.0 Å². The third kappa shape index (κ3) is 4.44.